The van der Waals surface area contributed by atoms with Crippen molar-refractivity contribution in [3.8, 4) is 0 Å². The van der Waals surface area contributed by atoms with Crippen LogP contribution in [0, 0.1) is 5.41 Å². The van der Waals surface area contributed by atoms with E-state index in [-0.39, 0.29) is 41.9 Å². The molecule has 0 bridgehead atoms. The zero-order valence-corrected chi connectivity index (χ0v) is 19.5. The fraction of sp³-hybridized carbons (Fsp3) is 0.440. The topological polar surface area (TPSA) is 58.6 Å². The molecular weight excluding hydrogens is 469 g/mol. The van der Waals surface area contributed by atoms with Gasteiger partial charge in [-0.15, -0.1) is 0 Å². The summed E-state index contributed by atoms with van der Waals surface area (Å²) < 4.78 is 48.2. The van der Waals surface area contributed by atoms with Crippen molar-refractivity contribution in [1.29, 1.82) is 0 Å². The molecule has 2 aliphatic heterocycles. The zero-order valence-electron chi connectivity index (χ0n) is 18.7. The molecule has 1 N–H and O–H groups in total. The van der Waals surface area contributed by atoms with Crippen molar-refractivity contribution in [2.45, 2.75) is 37.0 Å². The van der Waals surface area contributed by atoms with Crippen LogP contribution in [0.15, 0.2) is 54.6 Å². The Morgan fingerprint density at radius 3 is 2.38 bits per heavy atom. The molecule has 0 saturated carbocycles. The van der Waals surface area contributed by atoms with E-state index >= 15 is 0 Å². The summed E-state index contributed by atoms with van der Waals surface area (Å²) >= 11 is 5.95. The molecule has 2 aliphatic rings. The minimum Gasteiger partial charge on any atom is -0.356 e. The SMILES string of the molecule is COC(C(=O)N1CCC2(CC1)CC(=O)NC[C@H]2c1ccccc1)(c1cccc(Cl)c1)C(F)(F)F. The summed E-state index contributed by atoms with van der Waals surface area (Å²) in [6.45, 7) is 0.651. The molecule has 2 amide bonds. The lowest BCUT2D eigenvalue weighted by atomic mass is 9.62. The first-order valence-corrected chi connectivity index (χ1v) is 11.5. The largest absolute Gasteiger partial charge is 0.430 e. The molecule has 1 spiro atoms. The van der Waals surface area contributed by atoms with Crippen molar-refractivity contribution in [1.82, 2.24) is 10.2 Å². The molecule has 5 nitrogen and oxygen atoms in total. The quantitative estimate of drug-likeness (QED) is 0.672. The monoisotopic (exact) mass is 494 g/mol. The minimum atomic E-state index is -5.00. The average Bonchev–Trinajstić information content (AvgIpc) is 2.80. The maximum Gasteiger partial charge on any atom is 0.430 e. The molecule has 2 heterocycles. The number of carbonyl (C=O) groups excluding carboxylic acids is 2. The van der Waals surface area contributed by atoms with Crippen LogP contribution in [0.2, 0.25) is 5.02 Å². The molecule has 2 atom stereocenters. The first-order valence-electron chi connectivity index (χ1n) is 11.1. The number of halogens is 4. The van der Waals surface area contributed by atoms with Gasteiger partial charge in [0.15, 0.2) is 0 Å². The molecular formula is C25H26ClF3N2O3. The van der Waals surface area contributed by atoms with Crippen molar-refractivity contribution in [3.63, 3.8) is 0 Å². The predicted molar refractivity (Wildman–Crippen MR) is 121 cm³/mol. The van der Waals surface area contributed by atoms with Gasteiger partial charge in [0.1, 0.15) is 0 Å². The standard InChI is InChI=1S/C25H26ClF3N2O3/c1-34-24(25(27,28)29,18-8-5-9-19(26)14-18)22(33)31-12-10-23(11-13-31)15-21(32)30-16-20(23)17-6-3-2-4-7-17/h2-9,14,20H,10-13,15-16H2,1H3,(H,30,32)/t20-,24?/m0/s1. The van der Waals surface area contributed by atoms with E-state index in [0.29, 0.717) is 19.4 Å². The van der Waals surface area contributed by atoms with E-state index in [9.17, 15) is 22.8 Å². The van der Waals surface area contributed by atoms with Crippen LogP contribution in [0.5, 0.6) is 0 Å². The van der Waals surface area contributed by atoms with E-state index in [1.165, 1.54) is 23.1 Å². The molecule has 2 aromatic carbocycles. The third kappa shape index (κ3) is 4.18. The normalized spacial score (nSPS) is 22.2. The van der Waals surface area contributed by atoms with Crippen LogP contribution in [0.4, 0.5) is 13.2 Å². The minimum absolute atomic E-state index is 0.0198. The first kappa shape index (κ1) is 24.5. The number of carbonyl (C=O) groups is 2. The third-order valence-corrected chi connectivity index (χ3v) is 7.48. The van der Waals surface area contributed by atoms with Gasteiger partial charge in [-0.25, -0.2) is 0 Å². The van der Waals surface area contributed by atoms with Crippen LogP contribution >= 0.6 is 11.6 Å². The predicted octanol–water partition coefficient (Wildman–Crippen LogP) is 4.66. The molecule has 2 saturated heterocycles. The van der Waals surface area contributed by atoms with Gasteiger partial charge in [-0.05, 0) is 36.0 Å². The summed E-state index contributed by atoms with van der Waals surface area (Å²) in [5.41, 5.74) is -2.88. The highest BCUT2D eigenvalue weighted by Crippen LogP contribution is 2.50. The number of benzene rings is 2. The number of rotatable bonds is 4. The Morgan fingerprint density at radius 2 is 1.79 bits per heavy atom. The smallest absolute Gasteiger partial charge is 0.356 e. The highest BCUT2D eigenvalue weighted by Gasteiger charge is 2.64. The van der Waals surface area contributed by atoms with Crippen LogP contribution in [0.1, 0.15) is 36.3 Å². The van der Waals surface area contributed by atoms with E-state index in [1.54, 1.807) is 0 Å². The number of ether oxygens (including phenoxy) is 1. The molecule has 0 radical (unpaired) electrons. The summed E-state index contributed by atoms with van der Waals surface area (Å²) in [5, 5.41) is 2.99. The molecule has 2 fully saturated rings. The van der Waals surface area contributed by atoms with E-state index in [1.807, 2.05) is 30.3 Å². The van der Waals surface area contributed by atoms with Gasteiger partial charge in [0.2, 0.25) is 5.91 Å². The first-order chi connectivity index (χ1) is 16.1. The van der Waals surface area contributed by atoms with Gasteiger partial charge in [0.25, 0.3) is 11.5 Å². The lowest BCUT2D eigenvalue weighted by Crippen LogP contribution is -2.60. The number of methoxy groups -OCH3 is 1. The number of piperidine rings is 2. The summed E-state index contributed by atoms with van der Waals surface area (Å²) in [6, 6.07) is 14.9. The van der Waals surface area contributed by atoms with E-state index in [0.717, 1.165) is 18.7 Å². The average molecular weight is 495 g/mol. The lowest BCUT2D eigenvalue weighted by molar-refractivity contribution is -0.271. The fourth-order valence-corrected chi connectivity index (χ4v) is 5.62. The number of hydrogen-bond donors (Lipinski definition) is 1. The summed E-state index contributed by atoms with van der Waals surface area (Å²) in [7, 11) is 0.884. The van der Waals surface area contributed by atoms with Crippen LogP contribution in [0.3, 0.4) is 0 Å². The maximum atomic E-state index is 14.4. The Labute approximate surface area is 201 Å². The third-order valence-electron chi connectivity index (χ3n) is 7.24. The second kappa shape index (κ2) is 9.23. The second-order valence-electron chi connectivity index (χ2n) is 8.99. The van der Waals surface area contributed by atoms with Gasteiger partial charge in [0, 0.05) is 49.7 Å². The Hall–Kier alpha value is -2.58. The highest BCUT2D eigenvalue weighted by atomic mass is 35.5. The van der Waals surface area contributed by atoms with Gasteiger partial charge < -0.3 is 15.0 Å². The van der Waals surface area contributed by atoms with Gasteiger partial charge in [-0.3, -0.25) is 9.59 Å². The molecule has 182 valence electrons. The molecule has 2 aromatic rings. The van der Waals surface area contributed by atoms with Crippen molar-refractivity contribution < 1.29 is 27.5 Å². The summed E-state index contributed by atoms with van der Waals surface area (Å²) in [5.74, 6) is -1.23. The molecule has 9 heteroatoms. The molecule has 1 unspecified atom stereocenters. The second-order valence-corrected chi connectivity index (χ2v) is 9.43. The van der Waals surface area contributed by atoms with Crippen LogP contribution < -0.4 is 5.32 Å². The highest BCUT2D eigenvalue weighted by molar-refractivity contribution is 6.30. The molecule has 0 aliphatic carbocycles. The maximum absolute atomic E-state index is 14.4. The Bertz CT molecular complexity index is 1050. The van der Waals surface area contributed by atoms with Crippen molar-refractivity contribution in [2.24, 2.45) is 5.41 Å². The molecule has 34 heavy (non-hydrogen) atoms. The van der Waals surface area contributed by atoms with Crippen LogP contribution in [-0.2, 0) is 19.9 Å². The van der Waals surface area contributed by atoms with E-state index in [4.69, 9.17) is 16.3 Å². The number of likely N-dealkylation sites (tertiary alicyclic amines) is 1. The van der Waals surface area contributed by atoms with Crippen LogP contribution in [-0.4, -0.2) is 49.6 Å². The summed E-state index contributed by atoms with van der Waals surface area (Å²) in [4.78, 5) is 27.0. The Morgan fingerprint density at radius 1 is 1.12 bits per heavy atom. The zero-order chi connectivity index (χ0) is 24.6. The Kier molecular flexibility index (Phi) is 6.66. The van der Waals surface area contributed by atoms with E-state index in [2.05, 4.69) is 5.32 Å². The van der Waals surface area contributed by atoms with Gasteiger partial charge in [-0.2, -0.15) is 13.2 Å². The number of nitrogens with zero attached hydrogens (tertiary/aromatic N) is 1. The number of nitrogens with one attached hydrogen (secondary N) is 1. The Balaban J connectivity index is 1.63. The van der Waals surface area contributed by atoms with Gasteiger partial charge in [0.05, 0.1) is 0 Å². The van der Waals surface area contributed by atoms with Crippen molar-refractivity contribution in [3.05, 3.63) is 70.7 Å². The fourth-order valence-electron chi connectivity index (χ4n) is 5.43. The number of hydrogen-bond acceptors (Lipinski definition) is 3. The number of alkyl halides is 3. The van der Waals surface area contributed by atoms with Crippen LogP contribution in [0.25, 0.3) is 0 Å². The van der Waals surface area contributed by atoms with Gasteiger partial charge in [-0.1, -0.05) is 54.1 Å². The van der Waals surface area contributed by atoms with Crippen molar-refractivity contribution in [2.75, 3.05) is 26.7 Å². The van der Waals surface area contributed by atoms with E-state index < -0.39 is 23.1 Å². The molecule has 4 rings (SSSR count). The number of amides is 2. The summed E-state index contributed by atoms with van der Waals surface area (Å²) in [6.07, 6.45) is -3.90. The molecule has 0 aromatic heterocycles. The lowest BCUT2D eigenvalue weighted by Gasteiger charge is -2.50. The van der Waals surface area contributed by atoms with Crippen molar-refractivity contribution >= 4 is 23.4 Å². The van der Waals surface area contributed by atoms with Gasteiger partial charge >= 0.3 is 6.18 Å².